The summed E-state index contributed by atoms with van der Waals surface area (Å²) in [5, 5.41) is 123. The molecule has 43 heavy (non-hydrogen) atoms. The summed E-state index contributed by atoms with van der Waals surface area (Å²) in [6, 6.07) is -1.69. The summed E-state index contributed by atoms with van der Waals surface area (Å²) < 4.78 is 41.4. The monoisotopic (exact) mass is 637 g/mol. The topological polar surface area (TPSA) is 318 Å². The fraction of sp³-hybridized carbons (Fsp3) is 0.957. The summed E-state index contributed by atoms with van der Waals surface area (Å²) in [5.74, 6) is -3.83. The molecule has 3 saturated heterocycles. The zero-order valence-corrected chi connectivity index (χ0v) is 22.8. The minimum atomic E-state index is -3.04. The van der Waals surface area contributed by atoms with Crippen molar-refractivity contribution >= 4 is 5.91 Å². The van der Waals surface area contributed by atoms with Crippen LogP contribution in [-0.2, 0) is 28.5 Å². The van der Waals surface area contributed by atoms with Gasteiger partial charge in [0.15, 0.2) is 18.8 Å². The highest BCUT2D eigenvalue weighted by molar-refractivity contribution is 5.73. The van der Waals surface area contributed by atoms with Gasteiger partial charge >= 0.3 is 0 Å². The third kappa shape index (κ3) is 7.76. The number of carbonyl (C=O) groups is 1. The first-order valence-corrected chi connectivity index (χ1v) is 13.3. The largest absolute Gasteiger partial charge is 0.394 e. The molecule has 3 fully saturated rings. The lowest BCUT2D eigenvalue weighted by Gasteiger charge is -2.48. The van der Waals surface area contributed by atoms with Crippen LogP contribution >= 0.6 is 0 Å². The highest BCUT2D eigenvalue weighted by atomic mass is 19.1. The van der Waals surface area contributed by atoms with Crippen molar-refractivity contribution in [1.29, 1.82) is 0 Å². The number of ether oxygens (including phenoxy) is 5. The first-order valence-electron chi connectivity index (χ1n) is 13.3. The maximum atomic E-state index is 15.2. The normalized spacial score (nSPS) is 47.1. The number of amides is 1. The van der Waals surface area contributed by atoms with Crippen molar-refractivity contribution < 1.29 is 94.1 Å². The third-order valence-corrected chi connectivity index (χ3v) is 7.47. The molecule has 252 valence electrons. The van der Waals surface area contributed by atoms with Gasteiger partial charge in [0.1, 0.15) is 79.9 Å². The van der Waals surface area contributed by atoms with E-state index in [4.69, 9.17) is 23.7 Å². The number of hydrogen-bond donors (Lipinski definition) is 13. The zero-order valence-electron chi connectivity index (χ0n) is 22.8. The molecule has 0 aromatic carbocycles. The van der Waals surface area contributed by atoms with Gasteiger partial charge in [-0.25, -0.2) is 4.39 Å². The summed E-state index contributed by atoms with van der Waals surface area (Å²) >= 11 is 0. The van der Waals surface area contributed by atoms with E-state index < -0.39 is 136 Å². The van der Waals surface area contributed by atoms with Gasteiger partial charge in [-0.1, -0.05) is 0 Å². The molecule has 1 amide bonds. The lowest BCUT2D eigenvalue weighted by molar-refractivity contribution is -0.362. The van der Waals surface area contributed by atoms with Crippen LogP contribution in [0.2, 0.25) is 0 Å². The molecule has 3 aliphatic rings. The number of alkyl halides is 1. The number of carbonyl (C=O) groups excluding carboxylic acids is 1. The minimum absolute atomic E-state index is 0.782. The molecule has 0 aliphatic carbocycles. The van der Waals surface area contributed by atoms with Crippen LogP contribution in [-0.4, -0.2) is 197 Å². The predicted molar refractivity (Wildman–Crippen MR) is 130 cm³/mol. The van der Waals surface area contributed by atoms with E-state index in [0.717, 1.165) is 6.92 Å². The van der Waals surface area contributed by atoms with Gasteiger partial charge < -0.3 is 90.3 Å². The second kappa shape index (κ2) is 14.9. The van der Waals surface area contributed by atoms with Crippen LogP contribution in [0.4, 0.5) is 4.39 Å². The van der Waals surface area contributed by atoms with Crippen molar-refractivity contribution in [2.45, 2.75) is 111 Å². The second-order valence-electron chi connectivity index (χ2n) is 10.6. The fourth-order valence-electron chi connectivity index (χ4n) is 5.02. The molecule has 1 unspecified atom stereocenters. The molecule has 20 heteroatoms. The van der Waals surface area contributed by atoms with Crippen molar-refractivity contribution in [3.05, 3.63) is 0 Å². The van der Waals surface area contributed by atoms with Crippen molar-refractivity contribution in [1.82, 2.24) is 5.32 Å². The Balaban J connectivity index is 1.70. The predicted octanol–water partition coefficient (Wildman–Crippen LogP) is -8.37. The highest BCUT2D eigenvalue weighted by Gasteiger charge is 2.57. The van der Waals surface area contributed by atoms with Crippen LogP contribution in [0.5, 0.6) is 0 Å². The second-order valence-corrected chi connectivity index (χ2v) is 10.6. The Hall–Kier alpha value is -1.28. The Bertz CT molecular complexity index is 906. The maximum absolute atomic E-state index is 15.2. The molecule has 0 aromatic rings. The van der Waals surface area contributed by atoms with E-state index >= 15 is 4.39 Å². The summed E-state index contributed by atoms with van der Waals surface area (Å²) in [7, 11) is 0. The van der Waals surface area contributed by atoms with Gasteiger partial charge in [-0.05, 0) is 0 Å². The van der Waals surface area contributed by atoms with E-state index in [1.54, 1.807) is 0 Å². The molecule has 0 saturated carbocycles. The molecule has 3 heterocycles. The molecule has 0 spiro atoms. The first kappa shape index (κ1) is 36.2. The number of rotatable bonds is 11. The first-order chi connectivity index (χ1) is 20.1. The van der Waals surface area contributed by atoms with Crippen LogP contribution in [0.25, 0.3) is 0 Å². The minimum Gasteiger partial charge on any atom is -0.394 e. The van der Waals surface area contributed by atoms with Crippen molar-refractivity contribution in [3.63, 3.8) is 0 Å². The summed E-state index contributed by atoms with van der Waals surface area (Å²) in [4.78, 5) is 11.6. The average molecular weight is 638 g/mol. The molecule has 0 aromatic heterocycles. The molecule has 19 nitrogen and oxygen atoms in total. The SMILES string of the molecule is CC(=O)N[C@H]1[C@H]([C@H](O)[C@H](O)CO)O[C@](O)(COC[C@H]2O[C@@H](O[C@H]3[C@H](O)[C@@H](O)[C@@H](O)O[C@@H]3CO)[C@H](O)[C@@H](O)[C@H]2O)C(F)[C@@H]1O. The Morgan fingerprint density at radius 1 is 0.930 bits per heavy atom. The van der Waals surface area contributed by atoms with Crippen molar-refractivity contribution in [3.8, 4) is 0 Å². The molecule has 0 bridgehead atoms. The lowest BCUT2D eigenvalue weighted by Crippen LogP contribution is -2.71. The van der Waals surface area contributed by atoms with Crippen LogP contribution in [0, 0.1) is 0 Å². The molecule has 0 radical (unpaired) electrons. The molecule has 13 N–H and O–H groups in total. The molecule has 17 atom stereocenters. The van der Waals surface area contributed by atoms with Gasteiger partial charge in [0.2, 0.25) is 11.7 Å². The number of aliphatic hydroxyl groups excluding tert-OH is 11. The van der Waals surface area contributed by atoms with E-state index in [0.29, 0.717) is 0 Å². The Morgan fingerprint density at radius 3 is 2.16 bits per heavy atom. The Labute approximate surface area is 243 Å². The standard InChI is InChI=1S/C23H40FNO18/c1-6(28)25-10-13(32)20(24)23(38,43-19(10)11(30)7(29)2-26)5-39-4-9-12(31)14(33)17(36)22(41-9)42-18-8(3-27)40-21(37)16(35)15(18)34/h7-22,26-27,29-38H,2-5H2,1H3,(H,25,28)/t7-,8-,9-,10-,11-,12+,13-,14+,15-,16-,17-,18-,19-,20?,21+,22+,23-/m1/s1. The van der Waals surface area contributed by atoms with Crippen molar-refractivity contribution in [2.75, 3.05) is 26.4 Å². The van der Waals surface area contributed by atoms with E-state index in [-0.39, 0.29) is 0 Å². The van der Waals surface area contributed by atoms with Gasteiger partial charge in [-0.2, -0.15) is 0 Å². The third-order valence-electron chi connectivity index (χ3n) is 7.47. The molecular formula is C23H40FNO18. The Morgan fingerprint density at radius 2 is 1.58 bits per heavy atom. The lowest BCUT2D eigenvalue weighted by atomic mass is 9.87. The van der Waals surface area contributed by atoms with Crippen molar-refractivity contribution in [2.24, 2.45) is 0 Å². The molecule has 3 aliphatic heterocycles. The molecular weight excluding hydrogens is 597 g/mol. The number of aliphatic hydroxyl groups is 12. The average Bonchev–Trinajstić information content (AvgIpc) is 2.97. The van der Waals surface area contributed by atoms with E-state index in [2.05, 4.69) is 5.32 Å². The Kier molecular flexibility index (Phi) is 12.5. The van der Waals surface area contributed by atoms with E-state index in [1.165, 1.54) is 0 Å². The highest BCUT2D eigenvalue weighted by Crippen LogP contribution is 2.34. The smallest absolute Gasteiger partial charge is 0.224 e. The van der Waals surface area contributed by atoms with Gasteiger partial charge in [-0.3, -0.25) is 4.79 Å². The summed E-state index contributed by atoms with van der Waals surface area (Å²) in [6.07, 6.45) is -28.7. The summed E-state index contributed by atoms with van der Waals surface area (Å²) in [5.41, 5.74) is 0. The van der Waals surface area contributed by atoms with Crippen LogP contribution < -0.4 is 5.32 Å². The van der Waals surface area contributed by atoms with Gasteiger partial charge in [0.25, 0.3) is 0 Å². The van der Waals surface area contributed by atoms with Crippen LogP contribution in [0.15, 0.2) is 0 Å². The quantitative estimate of drug-likeness (QED) is 0.1000. The van der Waals surface area contributed by atoms with Gasteiger partial charge in [-0.15, -0.1) is 0 Å². The number of halogens is 1. The fourth-order valence-corrected chi connectivity index (χ4v) is 5.02. The zero-order chi connectivity index (χ0) is 32.4. The number of nitrogens with one attached hydrogen (secondary N) is 1. The van der Waals surface area contributed by atoms with Gasteiger partial charge in [0, 0.05) is 6.92 Å². The van der Waals surface area contributed by atoms with E-state index in [9.17, 15) is 66.1 Å². The maximum Gasteiger partial charge on any atom is 0.224 e. The van der Waals surface area contributed by atoms with Gasteiger partial charge in [0.05, 0.1) is 25.9 Å². The molecule has 3 rings (SSSR count). The van der Waals surface area contributed by atoms with Crippen LogP contribution in [0.1, 0.15) is 6.92 Å². The summed E-state index contributed by atoms with van der Waals surface area (Å²) in [6.45, 7) is -2.75. The van der Waals surface area contributed by atoms with Crippen LogP contribution in [0.3, 0.4) is 0 Å². The van der Waals surface area contributed by atoms with E-state index in [1.807, 2.05) is 0 Å². The number of hydrogen-bond acceptors (Lipinski definition) is 18.